The van der Waals surface area contributed by atoms with Crippen LogP contribution in [0.25, 0.3) is 0 Å². The van der Waals surface area contributed by atoms with Crippen molar-refractivity contribution in [2.75, 3.05) is 6.61 Å². The molecule has 21 heavy (non-hydrogen) atoms. The Kier molecular flexibility index (Phi) is 13.5. The van der Waals surface area contributed by atoms with Crippen molar-refractivity contribution < 1.29 is 83.8 Å². The first-order valence-electron chi connectivity index (χ1n) is 6.47. The van der Waals surface area contributed by atoms with Gasteiger partial charge >= 0.3 is 57.4 Å². The second-order valence-electron chi connectivity index (χ2n) is 4.99. The molecule has 0 heterocycles. The normalized spacial score (nSPS) is 12.6. The van der Waals surface area contributed by atoms with Gasteiger partial charge in [0, 0.05) is 12.4 Å². The molecule has 0 aliphatic rings. The van der Waals surface area contributed by atoms with Gasteiger partial charge in [-0.3, -0.25) is 9.35 Å². The van der Waals surface area contributed by atoms with E-state index in [0.29, 0.717) is 12.3 Å². The molecule has 0 saturated carbocycles. The summed E-state index contributed by atoms with van der Waals surface area (Å²) in [4.78, 5) is 21.8. The summed E-state index contributed by atoms with van der Waals surface area (Å²) < 4.78 is 35.2. The number of esters is 1. The summed E-state index contributed by atoms with van der Waals surface area (Å²) >= 11 is 0. The van der Waals surface area contributed by atoms with E-state index >= 15 is 0 Å². The van der Waals surface area contributed by atoms with E-state index in [1.54, 1.807) is 0 Å². The van der Waals surface area contributed by atoms with Gasteiger partial charge in [0.2, 0.25) is 0 Å². The molecule has 7 nitrogen and oxygen atoms in total. The van der Waals surface area contributed by atoms with Crippen LogP contribution in [0.2, 0.25) is 0 Å². The Bertz CT molecular complexity index is 419. The van der Waals surface area contributed by atoms with Crippen molar-refractivity contribution in [3.63, 3.8) is 0 Å². The molecular formula is C12H21KO7S. The van der Waals surface area contributed by atoms with E-state index in [-0.39, 0.29) is 58.0 Å². The Hall–Kier alpha value is 0.486. The molecule has 1 atom stereocenters. The van der Waals surface area contributed by atoms with Crippen molar-refractivity contribution in [1.29, 1.82) is 0 Å². The van der Waals surface area contributed by atoms with Crippen LogP contribution >= 0.6 is 0 Å². The van der Waals surface area contributed by atoms with Crippen molar-refractivity contribution in [1.82, 2.24) is 0 Å². The van der Waals surface area contributed by atoms with Gasteiger partial charge in [-0.2, -0.15) is 8.42 Å². The van der Waals surface area contributed by atoms with Gasteiger partial charge in [-0.05, 0) is 12.3 Å². The van der Waals surface area contributed by atoms with Gasteiger partial charge < -0.3 is 14.6 Å². The second kappa shape index (κ2) is 12.0. The van der Waals surface area contributed by atoms with E-state index in [4.69, 9.17) is 4.55 Å². The Balaban J connectivity index is 0. The third-order valence-corrected chi connectivity index (χ3v) is 3.72. The minimum Gasteiger partial charge on any atom is -0.550 e. The summed E-state index contributed by atoms with van der Waals surface area (Å²) in [7, 11) is -4.81. The van der Waals surface area contributed by atoms with Crippen LogP contribution in [0.15, 0.2) is 0 Å². The maximum atomic E-state index is 11.4. The van der Waals surface area contributed by atoms with Crippen LogP contribution in [-0.2, 0) is 24.4 Å². The summed E-state index contributed by atoms with van der Waals surface area (Å²) in [5.41, 5.74) is 0. The summed E-state index contributed by atoms with van der Waals surface area (Å²) in [5.74, 6) is -2.42. The maximum absolute atomic E-state index is 11.4. The van der Waals surface area contributed by atoms with E-state index in [1.165, 1.54) is 0 Å². The van der Waals surface area contributed by atoms with E-state index < -0.39 is 33.7 Å². The quantitative estimate of drug-likeness (QED) is 0.195. The topological polar surface area (TPSA) is 121 Å². The molecule has 0 fully saturated rings. The zero-order valence-corrected chi connectivity index (χ0v) is 16.6. The van der Waals surface area contributed by atoms with Crippen LogP contribution < -0.4 is 56.5 Å². The predicted octanol–water partition coefficient (Wildman–Crippen LogP) is -2.85. The first-order chi connectivity index (χ1) is 9.14. The molecule has 0 spiro atoms. The molecule has 0 radical (unpaired) electrons. The van der Waals surface area contributed by atoms with Gasteiger partial charge in [0.05, 0.1) is 6.61 Å². The van der Waals surface area contributed by atoms with Crippen LogP contribution in [0.1, 0.15) is 46.0 Å². The van der Waals surface area contributed by atoms with Crippen LogP contribution in [0.4, 0.5) is 0 Å². The predicted molar refractivity (Wildman–Crippen MR) is 69.2 cm³/mol. The Morgan fingerprint density at radius 2 is 1.76 bits per heavy atom. The van der Waals surface area contributed by atoms with E-state index in [2.05, 4.69) is 18.6 Å². The standard InChI is InChI=1S/C12H22O7S.K/c1-9(2)6-4-3-5-7-19-12(15)10(8-11(13)14)20(16,17)18;/h9-10H,3-8H2,1-2H3,(H,13,14)(H,16,17,18);/q;+1/p-1. The fourth-order valence-corrected chi connectivity index (χ4v) is 2.22. The average Bonchev–Trinajstić information content (AvgIpc) is 2.28. The van der Waals surface area contributed by atoms with Crippen molar-refractivity contribution >= 4 is 22.1 Å². The smallest absolute Gasteiger partial charge is 0.550 e. The van der Waals surface area contributed by atoms with Crippen molar-refractivity contribution in [2.24, 2.45) is 5.92 Å². The number of carbonyl (C=O) groups is 2. The molecule has 0 aromatic heterocycles. The van der Waals surface area contributed by atoms with Crippen LogP contribution in [-0.4, -0.2) is 36.8 Å². The summed E-state index contributed by atoms with van der Waals surface area (Å²) in [5, 5.41) is 8.22. The van der Waals surface area contributed by atoms with E-state index in [9.17, 15) is 23.1 Å². The number of ether oxygens (including phenoxy) is 1. The van der Waals surface area contributed by atoms with Gasteiger partial charge in [0.1, 0.15) is 0 Å². The molecule has 0 aliphatic carbocycles. The molecule has 0 aromatic carbocycles. The van der Waals surface area contributed by atoms with E-state index in [0.717, 1.165) is 19.3 Å². The average molecular weight is 348 g/mol. The molecule has 0 amide bonds. The fraction of sp³-hybridized carbons (Fsp3) is 0.833. The zero-order valence-electron chi connectivity index (χ0n) is 12.7. The number of carbonyl (C=O) groups excluding carboxylic acids is 2. The minimum absolute atomic E-state index is 0. The maximum Gasteiger partial charge on any atom is 1.00 e. The number of carboxylic acids is 1. The monoisotopic (exact) mass is 348 g/mol. The number of rotatable bonds is 10. The van der Waals surface area contributed by atoms with Gasteiger partial charge in [0.15, 0.2) is 5.25 Å². The molecule has 9 heteroatoms. The number of hydrogen-bond donors (Lipinski definition) is 1. The Labute approximate surface area is 168 Å². The molecule has 0 aromatic rings. The molecule has 118 valence electrons. The molecule has 0 bridgehead atoms. The number of unbranched alkanes of at least 4 members (excludes halogenated alkanes) is 2. The van der Waals surface area contributed by atoms with Gasteiger partial charge in [-0.25, -0.2) is 0 Å². The van der Waals surface area contributed by atoms with Gasteiger partial charge in [-0.1, -0.05) is 33.1 Å². The summed E-state index contributed by atoms with van der Waals surface area (Å²) in [6, 6.07) is 0. The third-order valence-electron chi connectivity index (χ3n) is 2.64. The Morgan fingerprint density at radius 3 is 2.19 bits per heavy atom. The summed E-state index contributed by atoms with van der Waals surface area (Å²) in [6.45, 7) is 4.18. The number of carboxylic acid groups (broad SMARTS) is 1. The number of hydrogen-bond acceptors (Lipinski definition) is 6. The van der Waals surface area contributed by atoms with Gasteiger partial charge in [0.25, 0.3) is 10.1 Å². The van der Waals surface area contributed by atoms with Crippen LogP contribution in [0, 0.1) is 5.92 Å². The molecule has 0 rings (SSSR count). The second-order valence-corrected chi connectivity index (χ2v) is 6.59. The first-order valence-corrected chi connectivity index (χ1v) is 7.97. The minimum atomic E-state index is -4.81. The Morgan fingerprint density at radius 1 is 1.19 bits per heavy atom. The van der Waals surface area contributed by atoms with Crippen LogP contribution in [0.3, 0.4) is 0 Å². The fourth-order valence-electron chi connectivity index (χ4n) is 1.56. The largest absolute Gasteiger partial charge is 1.00 e. The molecule has 1 N–H and O–H groups in total. The third kappa shape index (κ3) is 12.7. The number of aliphatic carboxylic acids is 1. The molecule has 0 aliphatic heterocycles. The van der Waals surface area contributed by atoms with Crippen molar-refractivity contribution in [3.8, 4) is 0 Å². The van der Waals surface area contributed by atoms with E-state index in [1.807, 2.05) is 0 Å². The zero-order chi connectivity index (χ0) is 15.8. The van der Waals surface area contributed by atoms with Crippen LogP contribution in [0.5, 0.6) is 0 Å². The van der Waals surface area contributed by atoms with Gasteiger partial charge in [-0.15, -0.1) is 0 Å². The molecule has 1 unspecified atom stereocenters. The molecule has 0 saturated heterocycles. The molecular weight excluding hydrogens is 327 g/mol. The SMILES string of the molecule is CC(C)CCCCCOC(=O)C(CC(=O)[O-])S(=O)(=O)O.[K+]. The van der Waals surface area contributed by atoms with Crippen molar-refractivity contribution in [3.05, 3.63) is 0 Å². The first kappa shape index (κ1) is 23.7. The van der Waals surface area contributed by atoms with Crippen molar-refractivity contribution in [2.45, 2.75) is 51.2 Å². The summed E-state index contributed by atoms with van der Waals surface area (Å²) in [6.07, 6.45) is 2.28.